The van der Waals surface area contributed by atoms with Crippen LogP contribution < -0.4 is 4.74 Å². The molecule has 1 aromatic carbocycles. The second-order valence-corrected chi connectivity index (χ2v) is 4.18. The third kappa shape index (κ3) is 3.50. The van der Waals surface area contributed by atoms with Crippen molar-refractivity contribution in [3.8, 4) is 5.75 Å². The number of halogens is 1. The SMILES string of the molecule is C=C(OCCC)c1ccc(OCC=O)c(Cl)c1C. The third-order valence-corrected chi connectivity index (χ3v) is 2.91. The lowest BCUT2D eigenvalue weighted by Gasteiger charge is -2.14. The molecule has 0 spiro atoms. The Morgan fingerprint density at radius 2 is 2.22 bits per heavy atom. The zero-order chi connectivity index (χ0) is 13.5. The normalized spacial score (nSPS) is 9.94. The van der Waals surface area contributed by atoms with E-state index in [2.05, 4.69) is 6.58 Å². The Morgan fingerprint density at radius 1 is 1.50 bits per heavy atom. The molecule has 0 saturated carbocycles. The average Bonchev–Trinajstić information content (AvgIpc) is 2.37. The van der Waals surface area contributed by atoms with Crippen LogP contribution in [-0.4, -0.2) is 19.5 Å². The van der Waals surface area contributed by atoms with Gasteiger partial charge in [-0.25, -0.2) is 0 Å². The quantitative estimate of drug-likeness (QED) is 0.560. The predicted molar refractivity (Wildman–Crippen MR) is 73.0 cm³/mol. The minimum absolute atomic E-state index is 0.00815. The van der Waals surface area contributed by atoms with Crippen LogP contribution in [0.2, 0.25) is 5.02 Å². The van der Waals surface area contributed by atoms with Crippen LogP contribution in [-0.2, 0) is 9.53 Å². The van der Waals surface area contributed by atoms with Gasteiger partial charge in [-0.3, -0.25) is 4.79 Å². The fourth-order valence-corrected chi connectivity index (χ4v) is 1.72. The highest BCUT2D eigenvalue weighted by Crippen LogP contribution is 2.33. The summed E-state index contributed by atoms with van der Waals surface area (Å²) < 4.78 is 10.7. The van der Waals surface area contributed by atoms with Gasteiger partial charge in [-0.1, -0.05) is 25.1 Å². The standard InChI is InChI=1S/C14H17ClO3/c1-4-8-17-11(3)12-5-6-13(18-9-7-16)14(15)10(12)2/h5-7H,3-4,8-9H2,1-2H3. The zero-order valence-corrected chi connectivity index (χ0v) is 11.4. The Morgan fingerprint density at radius 3 is 2.83 bits per heavy atom. The van der Waals surface area contributed by atoms with Crippen LogP contribution in [0, 0.1) is 6.92 Å². The van der Waals surface area contributed by atoms with E-state index in [9.17, 15) is 4.79 Å². The molecule has 0 fully saturated rings. The van der Waals surface area contributed by atoms with E-state index in [1.165, 1.54) is 0 Å². The van der Waals surface area contributed by atoms with Crippen molar-refractivity contribution in [2.75, 3.05) is 13.2 Å². The smallest absolute Gasteiger partial charge is 0.157 e. The van der Waals surface area contributed by atoms with Crippen LogP contribution in [0.1, 0.15) is 24.5 Å². The Kier molecular flexibility index (Phi) is 5.72. The van der Waals surface area contributed by atoms with Crippen molar-refractivity contribution in [1.82, 2.24) is 0 Å². The van der Waals surface area contributed by atoms with Gasteiger partial charge in [0.15, 0.2) is 6.29 Å². The summed E-state index contributed by atoms with van der Waals surface area (Å²) in [5.74, 6) is 1.09. The summed E-state index contributed by atoms with van der Waals surface area (Å²) in [7, 11) is 0. The number of rotatable bonds is 7. The Bertz CT molecular complexity index is 441. The van der Waals surface area contributed by atoms with Crippen LogP contribution in [0.15, 0.2) is 18.7 Å². The van der Waals surface area contributed by atoms with Crippen molar-refractivity contribution in [3.05, 3.63) is 34.9 Å². The molecule has 3 nitrogen and oxygen atoms in total. The maximum atomic E-state index is 10.3. The molecule has 0 aliphatic carbocycles. The lowest BCUT2D eigenvalue weighted by molar-refractivity contribution is -0.109. The first-order chi connectivity index (χ1) is 8.61. The van der Waals surface area contributed by atoms with Crippen molar-refractivity contribution < 1.29 is 14.3 Å². The molecule has 0 atom stereocenters. The summed E-state index contributed by atoms with van der Waals surface area (Å²) in [5.41, 5.74) is 1.69. The first-order valence-electron chi connectivity index (χ1n) is 5.79. The monoisotopic (exact) mass is 268 g/mol. The topological polar surface area (TPSA) is 35.5 Å². The molecule has 0 heterocycles. The molecule has 4 heteroatoms. The molecule has 0 N–H and O–H groups in total. The molecule has 0 bridgehead atoms. The van der Waals surface area contributed by atoms with Gasteiger partial charge >= 0.3 is 0 Å². The van der Waals surface area contributed by atoms with E-state index in [1.54, 1.807) is 6.07 Å². The first-order valence-corrected chi connectivity index (χ1v) is 6.17. The maximum absolute atomic E-state index is 10.3. The van der Waals surface area contributed by atoms with E-state index < -0.39 is 0 Å². The summed E-state index contributed by atoms with van der Waals surface area (Å²) in [6.07, 6.45) is 1.61. The van der Waals surface area contributed by atoms with Crippen molar-refractivity contribution in [2.45, 2.75) is 20.3 Å². The molecule has 0 unspecified atom stereocenters. The van der Waals surface area contributed by atoms with E-state index in [1.807, 2.05) is 19.9 Å². The molecule has 0 aliphatic heterocycles. The van der Waals surface area contributed by atoms with Crippen molar-refractivity contribution in [3.63, 3.8) is 0 Å². The van der Waals surface area contributed by atoms with Gasteiger partial charge in [0.2, 0.25) is 0 Å². The van der Waals surface area contributed by atoms with Gasteiger partial charge in [0.05, 0.1) is 11.6 Å². The summed E-state index contributed by atoms with van der Waals surface area (Å²) >= 11 is 6.17. The highest BCUT2D eigenvalue weighted by Gasteiger charge is 2.12. The summed E-state index contributed by atoms with van der Waals surface area (Å²) in [6.45, 7) is 8.39. The number of carbonyl (C=O) groups excluding carboxylic acids is 1. The molecular weight excluding hydrogens is 252 g/mol. The van der Waals surface area contributed by atoms with Crippen LogP contribution in [0.3, 0.4) is 0 Å². The van der Waals surface area contributed by atoms with E-state index in [-0.39, 0.29) is 6.61 Å². The maximum Gasteiger partial charge on any atom is 0.157 e. The Balaban J connectivity index is 2.92. The number of benzene rings is 1. The second kappa shape index (κ2) is 7.07. The summed E-state index contributed by atoms with van der Waals surface area (Å²) in [4.78, 5) is 10.3. The largest absolute Gasteiger partial charge is 0.494 e. The molecule has 0 aromatic heterocycles. The second-order valence-electron chi connectivity index (χ2n) is 3.80. The van der Waals surface area contributed by atoms with Gasteiger partial charge < -0.3 is 9.47 Å². The van der Waals surface area contributed by atoms with Gasteiger partial charge in [0, 0.05) is 5.56 Å². The van der Waals surface area contributed by atoms with Crippen LogP contribution in [0.25, 0.3) is 5.76 Å². The van der Waals surface area contributed by atoms with Crippen molar-refractivity contribution in [1.29, 1.82) is 0 Å². The Labute approximate surface area is 112 Å². The minimum atomic E-state index is -0.00815. The van der Waals surface area contributed by atoms with Crippen LogP contribution in [0.4, 0.5) is 0 Å². The molecule has 0 amide bonds. The molecule has 0 aliphatic rings. The molecular formula is C14H17ClO3. The molecule has 0 saturated heterocycles. The van der Waals surface area contributed by atoms with Crippen LogP contribution in [0.5, 0.6) is 5.75 Å². The van der Waals surface area contributed by atoms with Gasteiger partial charge in [-0.05, 0) is 31.0 Å². The highest BCUT2D eigenvalue weighted by molar-refractivity contribution is 6.33. The minimum Gasteiger partial charge on any atom is -0.494 e. The third-order valence-electron chi connectivity index (χ3n) is 2.44. The molecule has 0 radical (unpaired) electrons. The van der Waals surface area contributed by atoms with Crippen molar-refractivity contribution in [2.24, 2.45) is 0 Å². The fourth-order valence-electron chi connectivity index (χ4n) is 1.50. The Hall–Kier alpha value is -1.48. The predicted octanol–water partition coefficient (Wildman–Crippen LogP) is 3.62. The van der Waals surface area contributed by atoms with Gasteiger partial charge in [-0.15, -0.1) is 0 Å². The summed E-state index contributed by atoms with van der Waals surface area (Å²) in [5, 5.41) is 0.482. The van der Waals surface area contributed by atoms with E-state index in [0.29, 0.717) is 29.4 Å². The summed E-state index contributed by atoms with van der Waals surface area (Å²) in [6, 6.07) is 3.55. The van der Waals surface area contributed by atoms with Gasteiger partial charge in [0.1, 0.15) is 18.1 Å². The first kappa shape index (κ1) is 14.6. The van der Waals surface area contributed by atoms with E-state index in [4.69, 9.17) is 21.1 Å². The molecule has 98 valence electrons. The van der Waals surface area contributed by atoms with Gasteiger partial charge in [-0.2, -0.15) is 0 Å². The number of hydrogen-bond donors (Lipinski definition) is 0. The fraction of sp³-hybridized carbons (Fsp3) is 0.357. The van der Waals surface area contributed by atoms with Gasteiger partial charge in [0.25, 0.3) is 0 Å². The molecule has 18 heavy (non-hydrogen) atoms. The number of aldehydes is 1. The lowest BCUT2D eigenvalue weighted by atomic mass is 10.1. The number of hydrogen-bond acceptors (Lipinski definition) is 3. The van der Waals surface area contributed by atoms with Crippen LogP contribution >= 0.6 is 11.6 Å². The number of ether oxygens (including phenoxy) is 2. The van der Waals surface area contributed by atoms with E-state index >= 15 is 0 Å². The lowest BCUT2D eigenvalue weighted by Crippen LogP contribution is -2.01. The molecule has 1 aromatic rings. The van der Waals surface area contributed by atoms with Crippen molar-refractivity contribution >= 4 is 23.6 Å². The molecule has 1 rings (SSSR count). The number of carbonyl (C=O) groups is 1. The highest BCUT2D eigenvalue weighted by atomic mass is 35.5. The average molecular weight is 269 g/mol. The van der Waals surface area contributed by atoms with E-state index in [0.717, 1.165) is 17.5 Å². The zero-order valence-electron chi connectivity index (χ0n) is 10.7.